The summed E-state index contributed by atoms with van der Waals surface area (Å²) in [6, 6.07) is 8.36. The van der Waals surface area contributed by atoms with Crippen molar-refractivity contribution in [3.05, 3.63) is 47.8 Å². The van der Waals surface area contributed by atoms with E-state index in [2.05, 4.69) is 40.6 Å². The molecule has 0 amide bonds. The summed E-state index contributed by atoms with van der Waals surface area (Å²) in [6.07, 6.45) is 4.78. The molecule has 0 fully saturated rings. The highest BCUT2D eigenvalue weighted by Crippen LogP contribution is 2.39. The van der Waals surface area contributed by atoms with E-state index in [4.69, 9.17) is 4.74 Å². The molecule has 1 aliphatic rings. The molecule has 2 aromatic rings. The van der Waals surface area contributed by atoms with E-state index in [-0.39, 0.29) is 11.6 Å². The zero-order valence-corrected chi connectivity index (χ0v) is 15.4. The third-order valence-electron chi connectivity index (χ3n) is 4.31. The van der Waals surface area contributed by atoms with Crippen LogP contribution in [0.3, 0.4) is 0 Å². The van der Waals surface area contributed by atoms with Crippen molar-refractivity contribution in [3.8, 4) is 5.75 Å². The molecule has 0 saturated carbocycles. The van der Waals surface area contributed by atoms with Gasteiger partial charge in [-0.2, -0.15) is 5.10 Å². The molecule has 134 valence electrons. The Morgan fingerprint density at radius 1 is 1.40 bits per heavy atom. The number of nitrogens with zero attached hydrogens (tertiary/aromatic N) is 3. The van der Waals surface area contributed by atoms with Crippen molar-refractivity contribution in [3.63, 3.8) is 0 Å². The van der Waals surface area contributed by atoms with Crippen LogP contribution in [0.1, 0.15) is 37.4 Å². The number of para-hydroxylation sites is 1. The van der Waals surface area contributed by atoms with Crippen LogP contribution in [0, 0.1) is 6.92 Å². The largest absolute Gasteiger partial charge is 0.487 e. The number of nitrogens with one attached hydrogen (secondary N) is 2. The Morgan fingerprint density at radius 2 is 2.20 bits per heavy atom. The summed E-state index contributed by atoms with van der Waals surface area (Å²) >= 11 is 0. The summed E-state index contributed by atoms with van der Waals surface area (Å²) in [5.41, 5.74) is 2.13. The van der Waals surface area contributed by atoms with Crippen LogP contribution >= 0.6 is 0 Å². The summed E-state index contributed by atoms with van der Waals surface area (Å²) < 4.78 is 8.03. The summed E-state index contributed by atoms with van der Waals surface area (Å²) in [7, 11) is 1.80. The molecule has 0 spiro atoms. The second kappa shape index (κ2) is 7.17. The smallest absolute Gasteiger partial charge is 0.191 e. The molecular weight excluding hydrogens is 314 g/mol. The van der Waals surface area contributed by atoms with E-state index in [1.807, 2.05) is 42.2 Å². The minimum absolute atomic E-state index is 0.165. The molecule has 2 heterocycles. The predicted molar refractivity (Wildman–Crippen MR) is 100.0 cm³/mol. The molecular formula is C19H27N5O. The maximum absolute atomic E-state index is 6.09. The molecule has 1 aromatic heterocycles. The Labute approximate surface area is 149 Å². The Kier molecular flexibility index (Phi) is 4.97. The number of aryl methyl sites for hydroxylation is 1. The average Bonchev–Trinajstić information content (AvgIpc) is 2.98. The van der Waals surface area contributed by atoms with Crippen molar-refractivity contribution in [2.24, 2.45) is 4.99 Å². The van der Waals surface area contributed by atoms with E-state index in [0.717, 1.165) is 31.2 Å². The van der Waals surface area contributed by atoms with Gasteiger partial charge in [-0.1, -0.05) is 18.2 Å². The molecule has 0 saturated heterocycles. The lowest BCUT2D eigenvalue weighted by atomic mass is 9.90. The lowest BCUT2D eigenvalue weighted by Crippen LogP contribution is -2.45. The third-order valence-corrected chi connectivity index (χ3v) is 4.31. The number of guanidine groups is 1. The number of hydrogen-bond donors (Lipinski definition) is 2. The molecule has 6 heteroatoms. The number of aromatic nitrogens is 2. The fraction of sp³-hybridized carbons (Fsp3) is 0.474. The van der Waals surface area contributed by atoms with Crippen molar-refractivity contribution in [1.29, 1.82) is 0 Å². The SMILES string of the molecule is CN=C(NCCn1cc(C)cn1)NC1CC(C)(C)Oc2ccccc21. The van der Waals surface area contributed by atoms with Gasteiger partial charge in [0, 0.05) is 31.8 Å². The molecule has 2 N–H and O–H groups in total. The molecule has 1 atom stereocenters. The summed E-state index contributed by atoms with van der Waals surface area (Å²) in [6.45, 7) is 7.84. The van der Waals surface area contributed by atoms with Gasteiger partial charge in [0.05, 0.1) is 18.8 Å². The predicted octanol–water partition coefficient (Wildman–Crippen LogP) is 2.66. The summed E-state index contributed by atoms with van der Waals surface area (Å²) in [5, 5.41) is 11.2. The van der Waals surface area contributed by atoms with E-state index in [1.165, 1.54) is 11.1 Å². The van der Waals surface area contributed by atoms with E-state index in [0.29, 0.717) is 0 Å². The molecule has 0 bridgehead atoms. The van der Waals surface area contributed by atoms with Crippen LogP contribution in [0.4, 0.5) is 0 Å². The molecule has 6 nitrogen and oxygen atoms in total. The number of rotatable bonds is 4. The second-order valence-corrected chi connectivity index (χ2v) is 7.08. The van der Waals surface area contributed by atoms with Crippen molar-refractivity contribution in [2.45, 2.75) is 45.4 Å². The lowest BCUT2D eigenvalue weighted by Gasteiger charge is -2.38. The molecule has 0 radical (unpaired) electrons. The van der Waals surface area contributed by atoms with E-state index in [9.17, 15) is 0 Å². The topological polar surface area (TPSA) is 63.5 Å². The van der Waals surface area contributed by atoms with Gasteiger partial charge in [-0.3, -0.25) is 9.67 Å². The number of fused-ring (bicyclic) bond motifs is 1. The zero-order chi connectivity index (χ0) is 17.9. The Morgan fingerprint density at radius 3 is 2.92 bits per heavy atom. The highest BCUT2D eigenvalue weighted by Gasteiger charge is 2.33. The van der Waals surface area contributed by atoms with Gasteiger partial charge >= 0.3 is 0 Å². The van der Waals surface area contributed by atoms with Crippen LogP contribution in [-0.2, 0) is 6.54 Å². The molecule has 25 heavy (non-hydrogen) atoms. The van der Waals surface area contributed by atoms with E-state index in [1.54, 1.807) is 7.05 Å². The molecule has 0 aliphatic carbocycles. The van der Waals surface area contributed by atoms with Crippen LogP contribution in [0.15, 0.2) is 41.7 Å². The first kappa shape index (κ1) is 17.3. The summed E-state index contributed by atoms with van der Waals surface area (Å²) in [5.74, 6) is 1.74. The first-order valence-electron chi connectivity index (χ1n) is 8.71. The fourth-order valence-corrected chi connectivity index (χ4v) is 3.17. The number of ether oxygens (including phenoxy) is 1. The molecule has 1 aromatic carbocycles. The van der Waals surface area contributed by atoms with Crippen molar-refractivity contribution in [1.82, 2.24) is 20.4 Å². The average molecular weight is 341 g/mol. The molecule has 1 aliphatic heterocycles. The monoisotopic (exact) mass is 341 g/mol. The van der Waals surface area contributed by atoms with Gasteiger partial charge in [-0.25, -0.2) is 0 Å². The van der Waals surface area contributed by atoms with Gasteiger partial charge in [-0.15, -0.1) is 0 Å². The molecule has 3 rings (SSSR count). The van der Waals surface area contributed by atoms with Crippen molar-refractivity contribution >= 4 is 5.96 Å². The van der Waals surface area contributed by atoms with Crippen LogP contribution in [-0.4, -0.2) is 34.9 Å². The second-order valence-electron chi connectivity index (χ2n) is 7.08. The highest BCUT2D eigenvalue weighted by atomic mass is 16.5. The fourth-order valence-electron chi connectivity index (χ4n) is 3.17. The summed E-state index contributed by atoms with van der Waals surface area (Å²) in [4.78, 5) is 4.36. The van der Waals surface area contributed by atoms with Crippen molar-refractivity contribution in [2.75, 3.05) is 13.6 Å². The third kappa shape index (κ3) is 4.32. The van der Waals surface area contributed by atoms with Crippen molar-refractivity contribution < 1.29 is 4.74 Å². The van der Waals surface area contributed by atoms with Crippen LogP contribution < -0.4 is 15.4 Å². The van der Waals surface area contributed by atoms with Gasteiger partial charge < -0.3 is 15.4 Å². The van der Waals surface area contributed by atoms with Crippen LogP contribution in [0.2, 0.25) is 0 Å². The van der Waals surface area contributed by atoms with Gasteiger partial charge in [-0.05, 0) is 32.4 Å². The van der Waals surface area contributed by atoms with E-state index < -0.39 is 0 Å². The maximum atomic E-state index is 6.09. The minimum Gasteiger partial charge on any atom is -0.487 e. The maximum Gasteiger partial charge on any atom is 0.191 e. The first-order valence-corrected chi connectivity index (χ1v) is 8.71. The Bertz CT molecular complexity index is 750. The Hall–Kier alpha value is -2.50. The minimum atomic E-state index is -0.211. The van der Waals surface area contributed by atoms with Gasteiger partial charge in [0.15, 0.2) is 5.96 Å². The lowest BCUT2D eigenvalue weighted by molar-refractivity contribution is 0.0694. The first-order chi connectivity index (χ1) is 12.0. The van der Waals surface area contributed by atoms with Crippen LogP contribution in [0.25, 0.3) is 0 Å². The number of aliphatic imine (C=N–C) groups is 1. The number of benzene rings is 1. The normalized spacial score (nSPS) is 19.0. The van der Waals surface area contributed by atoms with Gasteiger partial charge in [0.1, 0.15) is 11.4 Å². The van der Waals surface area contributed by atoms with Gasteiger partial charge in [0.25, 0.3) is 0 Å². The van der Waals surface area contributed by atoms with Gasteiger partial charge in [0.2, 0.25) is 0 Å². The highest BCUT2D eigenvalue weighted by molar-refractivity contribution is 5.80. The zero-order valence-electron chi connectivity index (χ0n) is 15.4. The molecule has 1 unspecified atom stereocenters. The number of hydrogen-bond acceptors (Lipinski definition) is 3. The Balaban J connectivity index is 1.63. The van der Waals surface area contributed by atoms with E-state index >= 15 is 0 Å². The quantitative estimate of drug-likeness (QED) is 0.663. The van der Waals surface area contributed by atoms with Crippen LogP contribution in [0.5, 0.6) is 5.75 Å². The standard InChI is InChI=1S/C19H27N5O/c1-14-12-22-24(13-14)10-9-21-18(20-4)23-16-11-19(2,3)25-17-8-6-5-7-15(16)17/h5-8,12-13,16H,9-11H2,1-4H3,(H2,20,21,23).